The van der Waals surface area contributed by atoms with E-state index in [0.717, 1.165) is 48.6 Å². The van der Waals surface area contributed by atoms with E-state index in [9.17, 15) is 121 Å². The van der Waals surface area contributed by atoms with E-state index in [2.05, 4.69) is 19.9 Å². The summed E-state index contributed by atoms with van der Waals surface area (Å²) in [5, 5.41) is 0. The predicted octanol–water partition coefficient (Wildman–Crippen LogP) is 18.6. The van der Waals surface area contributed by atoms with E-state index in [1.807, 2.05) is 0 Å². The minimum atomic E-state index is -6.09. The molecule has 0 fully saturated rings. The second-order valence-electron chi connectivity index (χ2n) is 23.4. The molecule has 0 saturated carbocycles. The molecule has 0 radical (unpaired) electrons. The van der Waals surface area contributed by atoms with Crippen molar-refractivity contribution in [1.82, 2.24) is 19.9 Å². The maximum Gasteiger partial charge on any atom is 0.453 e. The van der Waals surface area contributed by atoms with Gasteiger partial charge in [0.15, 0.2) is 0 Å². The highest BCUT2D eigenvalue weighted by molar-refractivity contribution is 7.87. The standard InChI is InChI=1S/C64H46F24N4O12S4/c65-41-9-5-33(105(93,94)101-25-1-21-57(69,70)61(77,78)79)29-37(41)53-45-13-15-47(89-45)54(38-30-34(6-10-42(38)66)106(95,96)102-26-2-22-58(71,72)62(80,81)82)49-17-19-51(91-49)56(40-32-36(8-12-44(40)68)108(99,100)104-28-4-24-60(75,76)64(86,87)88)52-20-18-50(92-52)55(48-16-14-46(53)90-48)39-31-35(7-11-43(39)67)107(97,98)103-27-3-23-59(73,74)63(83,84)85/h5-20,29-32,89,92H,1-4,21-28H2. The molecular formula is C64H46F24N4O12S4. The van der Waals surface area contributed by atoms with Crippen molar-refractivity contribution in [2.75, 3.05) is 26.4 Å². The van der Waals surface area contributed by atoms with Gasteiger partial charge in [-0.25, -0.2) is 27.5 Å². The van der Waals surface area contributed by atoms with Gasteiger partial charge < -0.3 is 9.97 Å². The van der Waals surface area contributed by atoms with Crippen molar-refractivity contribution < 1.29 is 156 Å². The van der Waals surface area contributed by atoms with Crippen LogP contribution in [0.15, 0.2) is 117 Å². The van der Waals surface area contributed by atoms with Gasteiger partial charge in [0.1, 0.15) is 23.3 Å². The van der Waals surface area contributed by atoms with Crippen molar-refractivity contribution in [3.63, 3.8) is 0 Å². The Morgan fingerprint density at radius 2 is 0.472 bits per heavy atom. The lowest BCUT2D eigenvalue weighted by Gasteiger charge is -2.19. The van der Waals surface area contributed by atoms with Crippen molar-refractivity contribution in [1.29, 1.82) is 0 Å². The molecule has 4 aromatic carbocycles. The molecule has 3 aromatic heterocycles. The number of aromatic nitrogens is 4. The molecule has 5 heterocycles. The lowest BCUT2D eigenvalue weighted by molar-refractivity contribution is -0.284. The minimum Gasteiger partial charge on any atom is -0.354 e. The van der Waals surface area contributed by atoms with E-state index in [0.29, 0.717) is 72.8 Å². The second kappa shape index (κ2) is 30.4. The molecule has 0 amide bonds. The van der Waals surface area contributed by atoms with Gasteiger partial charge in [0.25, 0.3) is 40.5 Å². The summed E-state index contributed by atoms with van der Waals surface area (Å²) in [5.41, 5.74) is -10.8. The first-order chi connectivity index (χ1) is 49.7. The van der Waals surface area contributed by atoms with Crippen LogP contribution in [0.5, 0.6) is 0 Å². The Kier molecular flexibility index (Phi) is 23.5. The number of hydrogen-bond acceptors (Lipinski definition) is 14. The Balaban J connectivity index is 1.35. The third-order valence-corrected chi connectivity index (χ3v) is 21.1. The highest BCUT2D eigenvalue weighted by Gasteiger charge is 2.59. The topological polar surface area (TPSA) is 231 Å². The van der Waals surface area contributed by atoms with E-state index in [1.54, 1.807) is 0 Å². The molecule has 108 heavy (non-hydrogen) atoms. The quantitative estimate of drug-likeness (QED) is 0.0264. The zero-order valence-corrected chi connectivity index (χ0v) is 56.8. The number of halogens is 24. The first-order valence-corrected chi connectivity index (χ1v) is 36.0. The molecule has 0 spiro atoms. The molecular weight excluding hydrogens is 1600 g/mol. The van der Waals surface area contributed by atoms with Gasteiger partial charge in [0, 0.05) is 92.3 Å². The third-order valence-electron chi connectivity index (χ3n) is 15.9. The highest BCUT2D eigenvalue weighted by Crippen LogP contribution is 2.46. The van der Waals surface area contributed by atoms with Crippen LogP contribution in [0.2, 0.25) is 0 Å². The van der Waals surface area contributed by atoms with E-state index in [-0.39, 0.29) is 0 Å². The average molecular weight is 1650 g/mol. The molecule has 2 aliphatic heterocycles. The largest absolute Gasteiger partial charge is 0.453 e. The van der Waals surface area contributed by atoms with Gasteiger partial charge in [-0.1, -0.05) is 0 Å². The number of benzene rings is 4. The van der Waals surface area contributed by atoms with Gasteiger partial charge >= 0.3 is 48.4 Å². The lowest BCUT2D eigenvalue weighted by atomic mass is 10.0. The Morgan fingerprint density at radius 1 is 0.287 bits per heavy atom. The Labute approximate surface area is 593 Å². The SMILES string of the molecule is O=S(=O)(OCCCC(F)(F)C(F)(F)F)c1ccc(F)c(-c2c3nc(c(-c4cc(S(=O)(=O)OCCCC(F)(F)C(F)(F)F)ccc4F)c4ccc([nH]4)c(-c4cc(S(=O)(=O)OCCCC(F)(F)C(F)(F)F)ccc4F)c4nc(c(-c5cc(S(=O)(=O)OCCCC(F)(F)C(F)(F)F)ccc5F)c5ccc2[nH]5)C=C4)C=C3)c1. The van der Waals surface area contributed by atoms with E-state index >= 15 is 17.6 Å². The van der Waals surface area contributed by atoms with Crippen LogP contribution in [0.25, 0.3) is 90.9 Å². The molecule has 16 nitrogen and oxygen atoms in total. The monoisotopic (exact) mass is 1650 g/mol. The van der Waals surface area contributed by atoms with Gasteiger partial charge in [-0.05, 0) is 147 Å². The smallest absolute Gasteiger partial charge is 0.354 e. The first-order valence-electron chi connectivity index (χ1n) is 30.4. The Morgan fingerprint density at radius 3 is 0.648 bits per heavy atom. The van der Waals surface area contributed by atoms with Crippen LogP contribution in [0.3, 0.4) is 0 Å². The zero-order valence-electron chi connectivity index (χ0n) is 53.5. The van der Waals surface area contributed by atoms with Crippen molar-refractivity contribution in [3.05, 3.63) is 143 Å². The summed E-state index contributed by atoms with van der Waals surface area (Å²) in [6.45, 7) is -5.43. The molecule has 0 aliphatic carbocycles. The molecule has 0 unspecified atom stereocenters. The van der Waals surface area contributed by atoms with Crippen LogP contribution in [0.1, 0.15) is 74.1 Å². The summed E-state index contributed by atoms with van der Waals surface area (Å²) in [6.07, 6.45) is -33.6. The molecule has 586 valence electrons. The highest BCUT2D eigenvalue weighted by atomic mass is 32.2. The molecule has 2 N–H and O–H groups in total. The second-order valence-corrected chi connectivity index (χ2v) is 29.9. The van der Waals surface area contributed by atoms with Crippen LogP contribution in [-0.4, -0.2) is 128 Å². The predicted molar refractivity (Wildman–Crippen MR) is 334 cm³/mol. The van der Waals surface area contributed by atoms with Crippen molar-refractivity contribution in [2.45, 2.75) is 119 Å². The van der Waals surface area contributed by atoms with Crippen LogP contribution in [0.4, 0.5) is 105 Å². The van der Waals surface area contributed by atoms with E-state index < -0.39 is 299 Å². The average Bonchev–Trinajstić information content (AvgIpc) is 1.58. The molecule has 7 aromatic rings. The van der Waals surface area contributed by atoms with Crippen LogP contribution in [-0.2, 0) is 57.2 Å². The molecule has 9 rings (SSSR count). The minimum absolute atomic E-state index is 0.450. The van der Waals surface area contributed by atoms with Crippen molar-refractivity contribution in [2.24, 2.45) is 0 Å². The summed E-state index contributed by atoms with van der Waals surface area (Å²) in [5.74, 6) is -27.1. The van der Waals surface area contributed by atoms with Crippen LogP contribution in [0, 0.1) is 23.3 Å². The van der Waals surface area contributed by atoms with Crippen molar-refractivity contribution >= 4 is 86.8 Å². The molecule has 0 saturated heterocycles. The van der Waals surface area contributed by atoms with E-state index in [4.69, 9.17) is 16.7 Å². The summed E-state index contributed by atoms with van der Waals surface area (Å²) in [4.78, 5) is 10.3. The van der Waals surface area contributed by atoms with Gasteiger partial charge in [-0.3, -0.25) is 16.7 Å². The van der Waals surface area contributed by atoms with Gasteiger partial charge in [0.05, 0.1) is 68.8 Å². The number of aromatic amines is 2. The molecule has 8 bridgehead atoms. The fourth-order valence-electron chi connectivity index (χ4n) is 10.4. The Hall–Kier alpha value is -8.56. The van der Waals surface area contributed by atoms with Gasteiger partial charge in [0.2, 0.25) is 0 Å². The number of alkyl halides is 20. The fraction of sp³-hybridized carbons (Fsp3) is 0.312. The summed E-state index contributed by atoms with van der Waals surface area (Å²) in [7, 11) is -21.4. The maximum atomic E-state index is 16.9. The number of nitrogens with one attached hydrogen (secondary N) is 2. The summed E-state index contributed by atoms with van der Waals surface area (Å²) in [6, 6.07) is 9.81. The number of fused-ring (bicyclic) bond motifs is 8. The third kappa shape index (κ3) is 18.2. The molecule has 2 aliphatic rings. The van der Waals surface area contributed by atoms with Crippen LogP contribution >= 0.6 is 0 Å². The van der Waals surface area contributed by atoms with Crippen molar-refractivity contribution in [3.8, 4) is 44.5 Å². The number of H-pyrrole nitrogens is 2. The van der Waals surface area contributed by atoms with Gasteiger partial charge in [-0.15, -0.1) is 0 Å². The fourth-order valence-corrected chi connectivity index (χ4v) is 14.3. The van der Waals surface area contributed by atoms with Gasteiger partial charge in [-0.2, -0.15) is 121 Å². The lowest BCUT2D eigenvalue weighted by Crippen LogP contribution is -2.36. The van der Waals surface area contributed by atoms with Crippen LogP contribution < -0.4 is 0 Å². The molecule has 44 heteroatoms. The number of hydrogen-bond donors (Lipinski definition) is 2. The Bertz CT molecular complexity index is 4710. The summed E-state index contributed by atoms with van der Waals surface area (Å²) >= 11 is 0. The normalized spacial score (nSPS) is 14.0. The number of rotatable bonds is 28. The molecule has 0 atom stereocenters. The number of nitrogens with zero attached hydrogens (tertiary/aromatic N) is 2. The maximum absolute atomic E-state index is 16.9. The zero-order chi connectivity index (χ0) is 80.1. The first kappa shape index (κ1) is 83.5. The summed E-state index contributed by atoms with van der Waals surface area (Å²) < 4.78 is 463. The van der Waals surface area contributed by atoms with E-state index in [1.165, 1.54) is 0 Å².